The first kappa shape index (κ1) is 8.06. The molecule has 1 aliphatic heterocycles. The van der Waals surface area contributed by atoms with Crippen molar-refractivity contribution < 1.29 is 4.74 Å². The number of hydrogen-bond acceptors (Lipinski definition) is 1. The Kier molecular flexibility index (Phi) is 3.81. The largest absolute Gasteiger partial charge is 0.381 e. The van der Waals surface area contributed by atoms with Crippen LogP contribution in [-0.2, 0) is 4.74 Å². The van der Waals surface area contributed by atoms with Gasteiger partial charge >= 0.3 is 0 Å². The third-order valence-corrected chi connectivity index (χ3v) is 2.31. The molecule has 1 heteroatoms. The third-order valence-electron chi connectivity index (χ3n) is 2.31. The van der Waals surface area contributed by atoms with Gasteiger partial charge in [0, 0.05) is 13.2 Å². The Morgan fingerprint density at radius 2 is 2.00 bits per heavy atom. The molecule has 1 saturated heterocycles. The summed E-state index contributed by atoms with van der Waals surface area (Å²) in [7, 11) is 0. The van der Waals surface area contributed by atoms with Crippen LogP contribution in [0.15, 0.2) is 0 Å². The van der Waals surface area contributed by atoms with Crippen LogP contribution in [0.25, 0.3) is 0 Å². The van der Waals surface area contributed by atoms with Crippen LogP contribution in [0.4, 0.5) is 0 Å². The van der Waals surface area contributed by atoms with E-state index in [2.05, 4.69) is 6.92 Å². The summed E-state index contributed by atoms with van der Waals surface area (Å²) in [4.78, 5) is 0. The Morgan fingerprint density at radius 1 is 1.30 bits per heavy atom. The van der Waals surface area contributed by atoms with Crippen molar-refractivity contribution in [2.45, 2.75) is 39.0 Å². The van der Waals surface area contributed by atoms with Crippen LogP contribution >= 0.6 is 0 Å². The minimum atomic E-state index is 0.980. The first-order valence-electron chi connectivity index (χ1n) is 4.51. The summed E-state index contributed by atoms with van der Waals surface area (Å²) in [6.45, 7) is 4.28. The molecule has 1 fully saturated rings. The summed E-state index contributed by atoms with van der Waals surface area (Å²) < 4.78 is 5.28. The van der Waals surface area contributed by atoms with E-state index >= 15 is 0 Å². The molecule has 0 aromatic rings. The summed E-state index contributed by atoms with van der Waals surface area (Å²) in [5.41, 5.74) is 0. The fourth-order valence-electron chi connectivity index (χ4n) is 1.53. The van der Waals surface area contributed by atoms with E-state index in [1.165, 1.54) is 32.1 Å². The zero-order chi connectivity index (χ0) is 7.23. The van der Waals surface area contributed by atoms with Crippen molar-refractivity contribution >= 4 is 0 Å². The molecule has 0 saturated carbocycles. The van der Waals surface area contributed by atoms with Gasteiger partial charge in [0.1, 0.15) is 0 Å². The quantitative estimate of drug-likeness (QED) is 0.588. The van der Waals surface area contributed by atoms with E-state index in [0.717, 1.165) is 19.1 Å². The van der Waals surface area contributed by atoms with Gasteiger partial charge in [-0.05, 0) is 18.8 Å². The number of ether oxygens (including phenoxy) is 1. The molecular weight excluding hydrogens is 124 g/mol. The zero-order valence-corrected chi connectivity index (χ0v) is 6.94. The first-order valence-corrected chi connectivity index (χ1v) is 4.51. The minimum absolute atomic E-state index is 0.980. The lowest BCUT2D eigenvalue weighted by Gasteiger charge is -2.21. The maximum Gasteiger partial charge on any atom is 0.0468 e. The molecule has 0 spiro atoms. The van der Waals surface area contributed by atoms with Crippen molar-refractivity contribution in [2.24, 2.45) is 5.92 Å². The van der Waals surface area contributed by atoms with Crippen LogP contribution in [0.1, 0.15) is 39.0 Å². The second-order valence-electron chi connectivity index (χ2n) is 3.20. The van der Waals surface area contributed by atoms with Crippen LogP contribution < -0.4 is 0 Å². The maximum atomic E-state index is 5.28. The summed E-state index contributed by atoms with van der Waals surface area (Å²) in [6, 6.07) is 0. The van der Waals surface area contributed by atoms with Gasteiger partial charge in [0.25, 0.3) is 0 Å². The van der Waals surface area contributed by atoms with Crippen molar-refractivity contribution in [3.63, 3.8) is 0 Å². The van der Waals surface area contributed by atoms with E-state index in [4.69, 9.17) is 4.74 Å². The van der Waals surface area contributed by atoms with Gasteiger partial charge in [-0.1, -0.05) is 26.2 Å². The van der Waals surface area contributed by atoms with Crippen molar-refractivity contribution in [3.05, 3.63) is 0 Å². The highest BCUT2D eigenvalue weighted by Crippen LogP contribution is 2.20. The lowest BCUT2D eigenvalue weighted by molar-refractivity contribution is 0.0633. The summed E-state index contributed by atoms with van der Waals surface area (Å²) in [5.74, 6) is 0.980. The van der Waals surface area contributed by atoms with Crippen molar-refractivity contribution in [3.8, 4) is 0 Å². The van der Waals surface area contributed by atoms with E-state index in [1.54, 1.807) is 0 Å². The number of rotatable bonds is 3. The van der Waals surface area contributed by atoms with Gasteiger partial charge in [-0.2, -0.15) is 0 Å². The second kappa shape index (κ2) is 4.73. The highest BCUT2D eigenvalue weighted by Gasteiger charge is 2.11. The van der Waals surface area contributed by atoms with Gasteiger partial charge in [0.05, 0.1) is 0 Å². The van der Waals surface area contributed by atoms with Gasteiger partial charge in [-0.25, -0.2) is 0 Å². The molecule has 0 atom stereocenters. The number of hydrogen-bond donors (Lipinski definition) is 0. The summed E-state index contributed by atoms with van der Waals surface area (Å²) in [6.07, 6.45) is 6.79. The van der Waals surface area contributed by atoms with Gasteiger partial charge < -0.3 is 4.74 Å². The maximum absolute atomic E-state index is 5.28. The topological polar surface area (TPSA) is 9.23 Å². The van der Waals surface area contributed by atoms with E-state index in [0.29, 0.717) is 0 Å². The van der Waals surface area contributed by atoms with Gasteiger partial charge in [-0.15, -0.1) is 0 Å². The van der Waals surface area contributed by atoms with Crippen LogP contribution in [0.3, 0.4) is 0 Å². The standard InChI is InChI=1S/C9H18O/c1-2-3-4-9-5-7-10-8-6-9/h9H,2-8H2,1H3. The SMILES string of the molecule is CCCCC1CCOCC1. The molecule has 0 aromatic heterocycles. The molecule has 10 heavy (non-hydrogen) atoms. The van der Waals surface area contributed by atoms with Crippen LogP contribution in [-0.4, -0.2) is 13.2 Å². The molecule has 0 unspecified atom stereocenters. The van der Waals surface area contributed by atoms with Crippen molar-refractivity contribution in [1.82, 2.24) is 0 Å². The molecule has 0 bridgehead atoms. The van der Waals surface area contributed by atoms with Gasteiger partial charge in [-0.3, -0.25) is 0 Å². The minimum Gasteiger partial charge on any atom is -0.381 e. The fourth-order valence-corrected chi connectivity index (χ4v) is 1.53. The lowest BCUT2D eigenvalue weighted by Crippen LogP contribution is -2.15. The molecule has 0 aromatic carbocycles. The first-order chi connectivity index (χ1) is 4.93. The van der Waals surface area contributed by atoms with Crippen LogP contribution in [0.5, 0.6) is 0 Å². The average Bonchev–Trinajstić information content (AvgIpc) is 2.03. The van der Waals surface area contributed by atoms with E-state index in [-0.39, 0.29) is 0 Å². The molecule has 1 heterocycles. The third kappa shape index (κ3) is 2.70. The Hall–Kier alpha value is -0.0400. The predicted octanol–water partition coefficient (Wildman–Crippen LogP) is 2.60. The summed E-state index contributed by atoms with van der Waals surface area (Å²) in [5, 5.41) is 0. The molecule has 1 nitrogen and oxygen atoms in total. The Labute approximate surface area is 63.8 Å². The Balaban J connectivity index is 2.02. The highest BCUT2D eigenvalue weighted by molar-refractivity contribution is 4.62. The zero-order valence-electron chi connectivity index (χ0n) is 6.94. The normalized spacial score (nSPS) is 21.3. The average molecular weight is 142 g/mol. The second-order valence-corrected chi connectivity index (χ2v) is 3.20. The fraction of sp³-hybridized carbons (Fsp3) is 1.00. The van der Waals surface area contributed by atoms with Crippen LogP contribution in [0, 0.1) is 5.92 Å². The molecule has 0 radical (unpaired) electrons. The highest BCUT2D eigenvalue weighted by atomic mass is 16.5. The molecule has 0 amide bonds. The molecule has 0 N–H and O–H groups in total. The van der Waals surface area contributed by atoms with Crippen molar-refractivity contribution in [2.75, 3.05) is 13.2 Å². The van der Waals surface area contributed by atoms with Crippen molar-refractivity contribution in [1.29, 1.82) is 0 Å². The Morgan fingerprint density at radius 3 is 2.60 bits per heavy atom. The van der Waals surface area contributed by atoms with Gasteiger partial charge in [0.2, 0.25) is 0 Å². The van der Waals surface area contributed by atoms with E-state index in [1.807, 2.05) is 0 Å². The smallest absolute Gasteiger partial charge is 0.0468 e. The van der Waals surface area contributed by atoms with Crippen LogP contribution in [0.2, 0.25) is 0 Å². The molecule has 1 aliphatic rings. The number of unbranched alkanes of at least 4 members (excludes halogenated alkanes) is 1. The van der Waals surface area contributed by atoms with E-state index in [9.17, 15) is 0 Å². The van der Waals surface area contributed by atoms with Gasteiger partial charge in [0.15, 0.2) is 0 Å². The summed E-state index contributed by atoms with van der Waals surface area (Å²) >= 11 is 0. The lowest BCUT2D eigenvalue weighted by atomic mass is 9.94. The molecule has 60 valence electrons. The predicted molar refractivity (Wildman–Crippen MR) is 43.1 cm³/mol. The van der Waals surface area contributed by atoms with E-state index < -0.39 is 0 Å². The molecular formula is C9H18O. The molecule has 0 aliphatic carbocycles. The Bertz CT molecular complexity index is 74.8. The molecule has 1 rings (SSSR count). The monoisotopic (exact) mass is 142 g/mol.